The maximum atomic E-state index is 13.8. The topological polar surface area (TPSA) is 63.1 Å². The number of carbonyl (C=O) groups is 2. The van der Waals surface area contributed by atoms with E-state index in [0.717, 1.165) is 39.2 Å². The first-order valence-corrected chi connectivity index (χ1v) is 14.9. The van der Waals surface area contributed by atoms with Crippen LogP contribution in [0.2, 0.25) is 0 Å². The molecule has 0 spiro atoms. The van der Waals surface area contributed by atoms with E-state index in [-0.39, 0.29) is 11.8 Å². The van der Waals surface area contributed by atoms with E-state index in [1.165, 1.54) is 22.7 Å². The van der Waals surface area contributed by atoms with Gasteiger partial charge in [-0.05, 0) is 79.6 Å². The number of hydrogen-bond donors (Lipinski definition) is 2. The molecule has 0 bridgehead atoms. The molecule has 1 heterocycles. The summed E-state index contributed by atoms with van der Waals surface area (Å²) in [5.41, 5.74) is 6.30. The predicted octanol–water partition coefficient (Wildman–Crippen LogP) is 8.85. The van der Waals surface area contributed by atoms with Gasteiger partial charge in [-0.2, -0.15) is 0 Å². The summed E-state index contributed by atoms with van der Waals surface area (Å²) in [5, 5.41) is 7.98. The third-order valence-electron chi connectivity index (χ3n) is 7.45. The van der Waals surface area contributed by atoms with Crippen LogP contribution in [0.1, 0.15) is 33.7 Å². The van der Waals surface area contributed by atoms with Gasteiger partial charge >= 0.3 is 0 Å². The molecular formula is C36H31N3O2S. The van der Waals surface area contributed by atoms with Crippen LogP contribution in [-0.2, 0) is 11.3 Å². The summed E-state index contributed by atoms with van der Waals surface area (Å²) in [7, 11) is 0. The van der Waals surface area contributed by atoms with Crippen LogP contribution in [0.3, 0.4) is 0 Å². The summed E-state index contributed by atoms with van der Waals surface area (Å²) in [6.07, 6.45) is 0. The summed E-state index contributed by atoms with van der Waals surface area (Å²) in [5.74, 6) is -0.240. The SMILES string of the molecule is CCn1c2ccccc2c2cc(NC(=O)C(Sc3ccc(NC(=O)c4ccccc4C)cc3)c3ccccc3)ccc21. The van der Waals surface area contributed by atoms with Crippen molar-refractivity contribution in [3.05, 3.63) is 138 Å². The van der Waals surface area contributed by atoms with E-state index in [0.29, 0.717) is 11.3 Å². The second kappa shape index (κ2) is 12.0. The number of anilines is 2. The average Bonchev–Trinajstić information content (AvgIpc) is 3.34. The summed E-state index contributed by atoms with van der Waals surface area (Å²) in [6.45, 7) is 4.94. The summed E-state index contributed by atoms with van der Waals surface area (Å²) < 4.78 is 2.30. The third-order valence-corrected chi connectivity index (χ3v) is 8.72. The van der Waals surface area contributed by atoms with Crippen LogP contribution in [0.25, 0.3) is 21.8 Å². The molecule has 1 aromatic heterocycles. The van der Waals surface area contributed by atoms with E-state index in [1.807, 2.05) is 91.9 Å². The van der Waals surface area contributed by atoms with Crippen molar-refractivity contribution in [3.63, 3.8) is 0 Å². The molecule has 5 nitrogen and oxygen atoms in total. The normalized spacial score (nSPS) is 11.9. The Kier molecular flexibility index (Phi) is 7.80. The molecule has 0 aliphatic carbocycles. The Labute approximate surface area is 249 Å². The number of fused-ring (bicyclic) bond motifs is 3. The Morgan fingerprint density at radius 2 is 1.38 bits per heavy atom. The second-order valence-electron chi connectivity index (χ2n) is 10.2. The lowest BCUT2D eigenvalue weighted by Crippen LogP contribution is -2.19. The minimum atomic E-state index is -0.466. The molecule has 0 saturated heterocycles. The van der Waals surface area contributed by atoms with Crippen LogP contribution in [0.15, 0.2) is 126 Å². The molecule has 0 radical (unpaired) electrons. The number of nitrogens with zero attached hydrogens (tertiary/aromatic N) is 1. The molecule has 0 aliphatic heterocycles. The van der Waals surface area contributed by atoms with Crippen LogP contribution in [0, 0.1) is 6.92 Å². The van der Waals surface area contributed by atoms with Gasteiger partial charge in [-0.3, -0.25) is 9.59 Å². The first-order valence-electron chi connectivity index (χ1n) is 14.0. The molecule has 6 rings (SSSR count). The molecule has 0 aliphatic rings. The average molecular weight is 570 g/mol. The zero-order valence-corrected chi connectivity index (χ0v) is 24.3. The van der Waals surface area contributed by atoms with Crippen molar-refractivity contribution in [2.45, 2.75) is 30.5 Å². The van der Waals surface area contributed by atoms with Gasteiger partial charge in [0.25, 0.3) is 5.91 Å². The Hall–Kier alpha value is -4.81. The van der Waals surface area contributed by atoms with Crippen molar-refractivity contribution in [3.8, 4) is 0 Å². The molecule has 2 N–H and O–H groups in total. The standard InChI is InChI=1S/C36H31N3O2S/c1-3-39-32-16-10-9-15-30(32)31-23-27(19-22-33(31)39)38-36(41)34(25-12-5-4-6-13-25)42-28-20-17-26(18-21-28)37-35(40)29-14-8-7-11-24(29)2/h4-23,34H,3H2,1-2H3,(H,37,40)(H,38,41). The smallest absolute Gasteiger partial charge is 0.255 e. The third kappa shape index (κ3) is 5.54. The molecule has 5 aromatic carbocycles. The fourth-order valence-corrected chi connectivity index (χ4v) is 6.38. The molecule has 2 amide bonds. The van der Waals surface area contributed by atoms with Crippen LogP contribution >= 0.6 is 11.8 Å². The zero-order valence-electron chi connectivity index (χ0n) is 23.5. The van der Waals surface area contributed by atoms with Crippen molar-refractivity contribution in [1.82, 2.24) is 4.57 Å². The Morgan fingerprint density at radius 1 is 0.714 bits per heavy atom. The lowest BCUT2D eigenvalue weighted by atomic mass is 10.1. The quantitative estimate of drug-likeness (QED) is 0.180. The number of aromatic nitrogens is 1. The number of carbonyl (C=O) groups excluding carboxylic acids is 2. The summed E-state index contributed by atoms with van der Waals surface area (Å²) in [6, 6.07) is 39.4. The van der Waals surface area contributed by atoms with Gasteiger partial charge in [0.1, 0.15) is 5.25 Å². The second-order valence-corrected chi connectivity index (χ2v) is 11.4. The maximum Gasteiger partial charge on any atom is 0.255 e. The van der Waals surface area contributed by atoms with Gasteiger partial charge in [-0.25, -0.2) is 0 Å². The van der Waals surface area contributed by atoms with E-state index in [1.54, 1.807) is 0 Å². The number of thioether (sulfide) groups is 1. The Balaban J connectivity index is 1.23. The molecule has 42 heavy (non-hydrogen) atoms. The fourth-order valence-electron chi connectivity index (χ4n) is 5.36. The number of benzene rings is 5. The number of rotatable bonds is 8. The van der Waals surface area contributed by atoms with Crippen LogP contribution in [-0.4, -0.2) is 16.4 Å². The van der Waals surface area contributed by atoms with Crippen molar-refractivity contribution < 1.29 is 9.59 Å². The highest BCUT2D eigenvalue weighted by Crippen LogP contribution is 2.37. The van der Waals surface area contributed by atoms with Crippen LogP contribution < -0.4 is 10.6 Å². The first-order chi connectivity index (χ1) is 20.5. The molecule has 0 saturated carbocycles. The van der Waals surface area contributed by atoms with E-state index < -0.39 is 5.25 Å². The molecule has 6 aromatic rings. The van der Waals surface area contributed by atoms with Crippen molar-refractivity contribution in [1.29, 1.82) is 0 Å². The Bertz CT molecular complexity index is 1900. The maximum absolute atomic E-state index is 13.8. The zero-order chi connectivity index (χ0) is 29.1. The monoisotopic (exact) mass is 569 g/mol. The van der Waals surface area contributed by atoms with E-state index in [4.69, 9.17) is 0 Å². The van der Waals surface area contributed by atoms with E-state index in [9.17, 15) is 9.59 Å². The molecular weight excluding hydrogens is 538 g/mol. The predicted molar refractivity (Wildman–Crippen MR) is 174 cm³/mol. The fraction of sp³-hybridized carbons (Fsp3) is 0.111. The van der Waals surface area contributed by atoms with Gasteiger partial charge in [0.15, 0.2) is 0 Å². The van der Waals surface area contributed by atoms with Gasteiger partial charge in [0.05, 0.1) is 0 Å². The minimum Gasteiger partial charge on any atom is -0.341 e. The lowest BCUT2D eigenvalue weighted by Gasteiger charge is -2.18. The van der Waals surface area contributed by atoms with Crippen molar-refractivity contribution in [2.75, 3.05) is 10.6 Å². The molecule has 0 fully saturated rings. The highest BCUT2D eigenvalue weighted by molar-refractivity contribution is 8.00. The largest absolute Gasteiger partial charge is 0.341 e. The van der Waals surface area contributed by atoms with Gasteiger partial charge in [-0.1, -0.05) is 66.7 Å². The van der Waals surface area contributed by atoms with Crippen LogP contribution in [0.5, 0.6) is 0 Å². The molecule has 1 atom stereocenters. The van der Waals surface area contributed by atoms with Gasteiger partial charge in [0.2, 0.25) is 5.91 Å². The number of nitrogens with one attached hydrogen (secondary N) is 2. The summed E-state index contributed by atoms with van der Waals surface area (Å²) in [4.78, 5) is 27.5. The van der Waals surface area contributed by atoms with E-state index in [2.05, 4.69) is 58.5 Å². The Morgan fingerprint density at radius 3 is 2.14 bits per heavy atom. The van der Waals surface area contributed by atoms with Gasteiger partial charge in [0, 0.05) is 50.2 Å². The number of hydrogen-bond acceptors (Lipinski definition) is 3. The van der Waals surface area contributed by atoms with E-state index >= 15 is 0 Å². The number of para-hydroxylation sites is 1. The molecule has 1 unspecified atom stereocenters. The minimum absolute atomic E-state index is 0.0956. The van der Waals surface area contributed by atoms with Crippen LogP contribution in [0.4, 0.5) is 11.4 Å². The van der Waals surface area contributed by atoms with Gasteiger partial charge < -0.3 is 15.2 Å². The van der Waals surface area contributed by atoms with Gasteiger partial charge in [-0.15, -0.1) is 11.8 Å². The molecule has 6 heteroatoms. The highest BCUT2D eigenvalue weighted by atomic mass is 32.2. The highest BCUT2D eigenvalue weighted by Gasteiger charge is 2.23. The first kappa shape index (κ1) is 27.4. The summed E-state index contributed by atoms with van der Waals surface area (Å²) >= 11 is 1.48. The van der Waals surface area contributed by atoms with Crippen molar-refractivity contribution in [2.24, 2.45) is 0 Å². The number of amides is 2. The lowest BCUT2D eigenvalue weighted by molar-refractivity contribution is -0.115. The molecule has 208 valence electrons. The number of aryl methyl sites for hydroxylation is 2. The van der Waals surface area contributed by atoms with Crippen molar-refractivity contribution >= 4 is 56.8 Å².